The SMILES string of the molecule is CCCC=O.CCCCN.CCCCNC(=O)CCN1C(=O)C=CC1=O.CCCS.O=Cc1ccc([N+](=O)[O-])cc1. The van der Waals surface area contributed by atoms with E-state index in [1.54, 1.807) is 0 Å². The number of nitrogens with two attached hydrogens (primary N) is 1. The van der Waals surface area contributed by atoms with Crippen LogP contribution in [0.2, 0.25) is 0 Å². The zero-order chi connectivity index (χ0) is 31.9. The van der Waals surface area contributed by atoms with E-state index in [1.807, 2.05) is 13.8 Å². The molecular weight excluding hydrogens is 548 g/mol. The summed E-state index contributed by atoms with van der Waals surface area (Å²) in [5.41, 5.74) is 5.58. The zero-order valence-electron chi connectivity index (χ0n) is 24.9. The molecule has 11 nitrogen and oxygen atoms in total. The summed E-state index contributed by atoms with van der Waals surface area (Å²) in [6.07, 6.45) is 11.4. The topological polar surface area (TPSA) is 170 Å². The smallest absolute Gasteiger partial charge is 0.269 e. The molecule has 0 spiro atoms. The number of thiol groups is 1. The van der Waals surface area contributed by atoms with E-state index < -0.39 is 4.92 Å². The summed E-state index contributed by atoms with van der Waals surface area (Å²) in [6.45, 7) is 9.91. The van der Waals surface area contributed by atoms with E-state index >= 15 is 0 Å². The van der Waals surface area contributed by atoms with Gasteiger partial charge in [0.25, 0.3) is 17.5 Å². The fourth-order valence-corrected chi connectivity index (χ4v) is 2.35. The molecule has 0 atom stereocenters. The molecule has 0 saturated carbocycles. The van der Waals surface area contributed by atoms with E-state index in [-0.39, 0.29) is 36.4 Å². The number of benzene rings is 1. The van der Waals surface area contributed by atoms with Crippen LogP contribution in [0.1, 0.15) is 89.4 Å². The van der Waals surface area contributed by atoms with Crippen molar-refractivity contribution in [3.8, 4) is 0 Å². The van der Waals surface area contributed by atoms with Gasteiger partial charge in [-0.05, 0) is 50.1 Å². The van der Waals surface area contributed by atoms with Gasteiger partial charge in [-0.1, -0.05) is 40.5 Å². The minimum atomic E-state index is -0.505. The standard InChI is InChI=1S/C11H16N2O3.C7H5NO3.C4H11N.C4H8O.C3H8S/c1-2-3-7-12-9(14)6-8-13-10(15)4-5-11(13)16;9-5-6-1-3-7(4-2-6)8(10)11;2*1-2-3-4-5;1-2-3-4/h4-5H,2-3,6-8H2,1H3,(H,12,14);1-5H;2-5H2,1H3;4H,2-3H2,1H3;4H,2-3H2,1H3. The highest BCUT2D eigenvalue weighted by Gasteiger charge is 2.23. The molecule has 0 bridgehead atoms. The average molecular weight is 597 g/mol. The number of nitro groups is 1. The van der Waals surface area contributed by atoms with Crippen molar-refractivity contribution < 1.29 is 28.9 Å². The molecule has 0 unspecified atom stereocenters. The molecule has 41 heavy (non-hydrogen) atoms. The van der Waals surface area contributed by atoms with Gasteiger partial charge in [-0.25, -0.2) is 0 Å². The number of amides is 3. The van der Waals surface area contributed by atoms with Crippen molar-refractivity contribution in [1.82, 2.24) is 10.2 Å². The monoisotopic (exact) mass is 596 g/mol. The summed E-state index contributed by atoms with van der Waals surface area (Å²) in [5, 5.41) is 12.8. The lowest BCUT2D eigenvalue weighted by atomic mass is 10.2. The molecule has 0 aliphatic carbocycles. The number of rotatable bonds is 13. The number of nitrogens with one attached hydrogen (secondary N) is 1. The molecular formula is C29H48N4O7S. The first-order valence-electron chi connectivity index (χ1n) is 13.9. The van der Waals surface area contributed by atoms with Gasteiger partial charge in [0, 0.05) is 55.8 Å². The molecule has 3 N–H and O–H groups in total. The molecule has 1 aromatic rings. The molecule has 1 aliphatic heterocycles. The highest BCUT2D eigenvalue weighted by molar-refractivity contribution is 7.80. The van der Waals surface area contributed by atoms with Gasteiger partial charge in [-0.3, -0.25) is 34.2 Å². The van der Waals surface area contributed by atoms with E-state index in [0.717, 1.165) is 42.7 Å². The fraction of sp³-hybridized carbons (Fsp3) is 0.552. The molecule has 1 heterocycles. The van der Waals surface area contributed by atoms with Crippen LogP contribution in [0.25, 0.3) is 0 Å². The second-order valence-electron chi connectivity index (χ2n) is 8.40. The minimum Gasteiger partial charge on any atom is -0.356 e. The molecule has 12 heteroatoms. The van der Waals surface area contributed by atoms with E-state index in [1.165, 1.54) is 55.7 Å². The zero-order valence-corrected chi connectivity index (χ0v) is 25.8. The lowest BCUT2D eigenvalue weighted by molar-refractivity contribution is -0.384. The Hall–Kier alpha value is -3.38. The van der Waals surface area contributed by atoms with Crippen molar-refractivity contribution >= 4 is 48.6 Å². The fourth-order valence-electron chi connectivity index (χ4n) is 2.35. The third-order valence-electron chi connectivity index (χ3n) is 4.74. The van der Waals surface area contributed by atoms with E-state index in [0.29, 0.717) is 24.8 Å². The first-order valence-corrected chi connectivity index (χ1v) is 14.5. The number of nitro benzene ring substituents is 1. The lowest BCUT2D eigenvalue weighted by Crippen LogP contribution is -2.34. The van der Waals surface area contributed by atoms with Crippen LogP contribution in [0.3, 0.4) is 0 Å². The van der Waals surface area contributed by atoms with Crippen LogP contribution >= 0.6 is 12.6 Å². The molecule has 0 aromatic heterocycles. The van der Waals surface area contributed by atoms with Crippen molar-refractivity contribution in [3.63, 3.8) is 0 Å². The molecule has 0 radical (unpaired) electrons. The number of hydrogen-bond donors (Lipinski definition) is 3. The first-order chi connectivity index (χ1) is 19.6. The molecule has 3 amide bonds. The maximum Gasteiger partial charge on any atom is 0.269 e. The van der Waals surface area contributed by atoms with Gasteiger partial charge in [0.05, 0.1) is 4.92 Å². The summed E-state index contributed by atoms with van der Waals surface area (Å²) >= 11 is 3.92. The van der Waals surface area contributed by atoms with Gasteiger partial charge in [0.15, 0.2) is 0 Å². The van der Waals surface area contributed by atoms with E-state index in [9.17, 15) is 34.1 Å². The van der Waals surface area contributed by atoms with Crippen molar-refractivity contribution in [3.05, 3.63) is 52.1 Å². The average Bonchev–Trinajstić information content (AvgIpc) is 3.30. The van der Waals surface area contributed by atoms with Crippen LogP contribution in [0.4, 0.5) is 5.69 Å². The summed E-state index contributed by atoms with van der Waals surface area (Å²) in [7, 11) is 0. The van der Waals surface area contributed by atoms with Gasteiger partial charge < -0.3 is 15.8 Å². The molecule has 232 valence electrons. The van der Waals surface area contributed by atoms with Crippen LogP contribution in [0.5, 0.6) is 0 Å². The van der Waals surface area contributed by atoms with Gasteiger partial charge in [0.2, 0.25) is 5.91 Å². The van der Waals surface area contributed by atoms with Crippen LogP contribution in [-0.2, 0) is 19.2 Å². The Kier molecular flexibility index (Phi) is 32.0. The number of nitrogens with zero attached hydrogens (tertiary/aromatic N) is 2. The predicted octanol–water partition coefficient (Wildman–Crippen LogP) is 4.68. The lowest BCUT2D eigenvalue weighted by Gasteiger charge is -2.13. The summed E-state index contributed by atoms with van der Waals surface area (Å²) < 4.78 is 0. The van der Waals surface area contributed by atoms with E-state index in [2.05, 4.69) is 31.8 Å². The Balaban J connectivity index is -0.000000498. The normalized spacial score (nSPS) is 10.8. The van der Waals surface area contributed by atoms with Gasteiger partial charge >= 0.3 is 0 Å². The molecule has 1 aliphatic rings. The minimum absolute atomic E-state index is 0.00407. The van der Waals surface area contributed by atoms with Crippen LogP contribution in [0.15, 0.2) is 36.4 Å². The Morgan fingerprint density at radius 1 is 0.976 bits per heavy atom. The summed E-state index contributed by atoms with van der Waals surface area (Å²) in [5.74, 6) is 0.207. The number of hydrogen-bond acceptors (Lipinski definition) is 9. The molecule has 1 aromatic carbocycles. The third-order valence-corrected chi connectivity index (χ3v) is 5.19. The van der Waals surface area contributed by atoms with Crippen LogP contribution < -0.4 is 11.1 Å². The Labute approximate surface area is 249 Å². The Morgan fingerprint density at radius 3 is 1.83 bits per heavy atom. The number of non-ortho nitro benzene ring substituents is 1. The largest absolute Gasteiger partial charge is 0.356 e. The van der Waals surface area contributed by atoms with E-state index in [4.69, 9.17) is 5.73 Å². The van der Waals surface area contributed by atoms with Gasteiger partial charge in [-0.15, -0.1) is 0 Å². The second-order valence-corrected chi connectivity index (χ2v) is 8.85. The molecule has 0 saturated heterocycles. The van der Waals surface area contributed by atoms with Crippen molar-refractivity contribution in [2.24, 2.45) is 5.73 Å². The molecule has 0 fully saturated rings. The number of unbranched alkanes of at least 4 members (excludes halogenated alkanes) is 3. The second kappa shape index (κ2) is 31.2. The number of carbonyl (C=O) groups is 5. The highest BCUT2D eigenvalue weighted by atomic mass is 32.1. The summed E-state index contributed by atoms with van der Waals surface area (Å²) in [4.78, 5) is 63.8. The van der Waals surface area contributed by atoms with Crippen molar-refractivity contribution in [2.45, 2.75) is 79.1 Å². The highest BCUT2D eigenvalue weighted by Crippen LogP contribution is 2.10. The quantitative estimate of drug-likeness (QED) is 0.0736. The Morgan fingerprint density at radius 2 is 1.51 bits per heavy atom. The predicted molar refractivity (Wildman–Crippen MR) is 166 cm³/mol. The van der Waals surface area contributed by atoms with Crippen LogP contribution in [0, 0.1) is 10.1 Å². The number of imide groups is 1. The van der Waals surface area contributed by atoms with Crippen molar-refractivity contribution in [2.75, 3.05) is 25.4 Å². The van der Waals surface area contributed by atoms with Gasteiger partial charge in [0.1, 0.15) is 12.6 Å². The first kappa shape index (κ1) is 42.1. The summed E-state index contributed by atoms with van der Waals surface area (Å²) in [6, 6.07) is 5.41. The Bertz CT molecular complexity index is 872. The molecule has 2 rings (SSSR count). The number of carbonyl (C=O) groups excluding carboxylic acids is 5. The van der Waals surface area contributed by atoms with Crippen molar-refractivity contribution in [1.29, 1.82) is 0 Å². The number of aldehydes is 2. The maximum atomic E-state index is 11.3. The third kappa shape index (κ3) is 26.6. The van der Waals surface area contributed by atoms with Crippen LogP contribution in [-0.4, -0.2) is 65.5 Å². The maximum absolute atomic E-state index is 11.3. The van der Waals surface area contributed by atoms with Gasteiger partial charge in [-0.2, -0.15) is 12.6 Å².